The molecular weight excluding hydrogens is 191 g/mol. The van der Waals surface area contributed by atoms with E-state index >= 15 is 0 Å². The molecule has 0 unspecified atom stereocenters. The van der Waals surface area contributed by atoms with E-state index in [1.54, 1.807) is 30.3 Å². The van der Waals surface area contributed by atoms with Gasteiger partial charge in [0.25, 0.3) is 0 Å². The molecule has 2 rings (SSSR count). The lowest BCUT2D eigenvalue weighted by Crippen LogP contribution is -1.90. The van der Waals surface area contributed by atoms with E-state index in [4.69, 9.17) is 5.26 Å². The molecule has 72 valence electrons. The van der Waals surface area contributed by atoms with Crippen molar-refractivity contribution >= 4 is 0 Å². The van der Waals surface area contributed by atoms with E-state index in [0.717, 1.165) is 0 Å². The number of rotatable bonds is 1. The number of benzene rings is 1. The van der Waals surface area contributed by atoms with Gasteiger partial charge >= 0.3 is 0 Å². The summed E-state index contributed by atoms with van der Waals surface area (Å²) in [6, 6.07) is 11.6. The van der Waals surface area contributed by atoms with Crippen molar-refractivity contribution in [1.82, 2.24) is 4.98 Å². The highest BCUT2D eigenvalue weighted by atomic mass is 19.1. The van der Waals surface area contributed by atoms with Crippen molar-refractivity contribution in [3.63, 3.8) is 0 Å². The summed E-state index contributed by atoms with van der Waals surface area (Å²) >= 11 is 0. The van der Waals surface area contributed by atoms with Crippen LogP contribution in [-0.4, -0.2) is 4.98 Å². The Kier molecular flexibility index (Phi) is 2.42. The smallest absolute Gasteiger partial charge is 0.148 e. The maximum atomic E-state index is 13.5. The highest BCUT2D eigenvalue weighted by Gasteiger charge is 2.08. The van der Waals surface area contributed by atoms with Gasteiger partial charge in [0.2, 0.25) is 0 Å². The first-order valence-corrected chi connectivity index (χ1v) is 4.43. The Hall–Kier alpha value is -2.21. The molecule has 0 fully saturated rings. The summed E-state index contributed by atoms with van der Waals surface area (Å²) in [5.41, 5.74) is 1.17. The molecule has 2 aromatic rings. The Balaban J connectivity index is 2.65. The molecule has 0 aliphatic heterocycles. The molecule has 0 bridgehead atoms. The summed E-state index contributed by atoms with van der Waals surface area (Å²) in [4.78, 5) is 3.89. The molecule has 2 nitrogen and oxygen atoms in total. The van der Waals surface area contributed by atoms with Gasteiger partial charge in [-0.1, -0.05) is 18.2 Å². The van der Waals surface area contributed by atoms with Gasteiger partial charge in [0.1, 0.15) is 17.6 Å². The maximum absolute atomic E-state index is 13.5. The summed E-state index contributed by atoms with van der Waals surface area (Å²) in [7, 11) is 0. The van der Waals surface area contributed by atoms with Gasteiger partial charge < -0.3 is 0 Å². The van der Waals surface area contributed by atoms with Crippen molar-refractivity contribution < 1.29 is 4.39 Å². The average Bonchev–Trinajstić information content (AvgIpc) is 2.30. The quantitative estimate of drug-likeness (QED) is 0.706. The molecule has 3 heteroatoms. The van der Waals surface area contributed by atoms with Gasteiger partial charge in [-0.3, -0.25) is 0 Å². The van der Waals surface area contributed by atoms with Crippen LogP contribution in [0.2, 0.25) is 0 Å². The third-order valence-corrected chi connectivity index (χ3v) is 2.08. The maximum Gasteiger partial charge on any atom is 0.148 e. The molecule has 0 aliphatic rings. The van der Waals surface area contributed by atoms with Crippen LogP contribution in [0.15, 0.2) is 42.6 Å². The van der Waals surface area contributed by atoms with Gasteiger partial charge in [0, 0.05) is 17.3 Å². The van der Waals surface area contributed by atoms with E-state index in [2.05, 4.69) is 4.98 Å². The Labute approximate surface area is 86.6 Å². The molecule has 0 spiro atoms. The average molecular weight is 198 g/mol. The van der Waals surface area contributed by atoms with Crippen LogP contribution in [0, 0.1) is 17.1 Å². The van der Waals surface area contributed by atoms with Gasteiger partial charge in [-0.05, 0) is 18.2 Å². The number of aromatic nitrogens is 1. The molecule has 1 heterocycles. The SMILES string of the molecule is N#Cc1ncccc1-c1ccccc1F. The van der Waals surface area contributed by atoms with E-state index < -0.39 is 0 Å². The molecule has 0 radical (unpaired) electrons. The fraction of sp³-hybridized carbons (Fsp3) is 0. The van der Waals surface area contributed by atoms with Crippen molar-refractivity contribution in [3.05, 3.63) is 54.1 Å². The predicted molar refractivity (Wildman–Crippen MR) is 54.3 cm³/mol. The van der Waals surface area contributed by atoms with E-state index in [9.17, 15) is 4.39 Å². The molecule has 0 saturated carbocycles. The topological polar surface area (TPSA) is 36.7 Å². The second-order valence-electron chi connectivity index (χ2n) is 2.99. The zero-order chi connectivity index (χ0) is 10.7. The van der Waals surface area contributed by atoms with Crippen LogP contribution >= 0.6 is 0 Å². The van der Waals surface area contributed by atoms with E-state index in [-0.39, 0.29) is 11.5 Å². The second kappa shape index (κ2) is 3.89. The Morgan fingerprint density at radius 2 is 1.80 bits per heavy atom. The van der Waals surface area contributed by atoms with Crippen LogP contribution in [0.4, 0.5) is 4.39 Å². The second-order valence-corrected chi connectivity index (χ2v) is 2.99. The first-order valence-electron chi connectivity index (χ1n) is 4.43. The van der Waals surface area contributed by atoms with Crippen molar-refractivity contribution in [2.75, 3.05) is 0 Å². The fourth-order valence-electron chi connectivity index (χ4n) is 1.39. The Morgan fingerprint density at radius 1 is 1.07 bits per heavy atom. The minimum Gasteiger partial charge on any atom is -0.245 e. The monoisotopic (exact) mass is 198 g/mol. The van der Waals surface area contributed by atoms with E-state index in [1.807, 2.05) is 6.07 Å². The minimum atomic E-state index is -0.345. The van der Waals surface area contributed by atoms with Crippen molar-refractivity contribution in [2.24, 2.45) is 0 Å². The fourth-order valence-corrected chi connectivity index (χ4v) is 1.39. The Morgan fingerprint density at radius 3 is 2.53 bits per heavy atom. The summed E-state index contributed by atoms with van der Waals surface area (Å²) in [5.74, 6) is -0.345. The summed E-state index contributed by atoms with van der Waals surface area (Å²) in [6.07, 6.45) is 1.52. The molecule has 1 aromatic carbocycles. The van der Waals surface area contributed by atoms with Gasteiger partial charge in [0.05, 0.1) is 0 Å². The van der Waals surface area contributed by atoms with Crippen LogP contribution < -0.4 is 0 Å². The largest absolute Gasteiger partial charge is 0.245 e. The summed E-state index contributed by atoms with van der Waals surface area (Å²) in [6.45, 7) is 0. The first kappa shape index (κ1) is 9.35. The van der Waals surface area contributed by atoms with Crippen LogP contribution in [0.1, 0.15) is 5.69 Å². The molecule has 0 amide bonds. The van der Waals surface area contributed by atoms with Gasteiger partial charge in [-0.2, -0.15) is 5.26 Å². The van der Waals surface area contributed by atoms with Crippen molar-refractivity contribution in [2.45, 2.75) is 0 Å². The lowest BCUT2D eigenvalue weighted by atomic mass is 10.0. The number of nitrogens with zero attached hydrogens (tertiary/aromatic N) is 2. The molecular formula is C12H7FN2. The number of nitriles is 1. The standard InChI is InChI=1S/C12H7FN2/c13-11-6-2-1-4-9(11)10-5-3-7-15-12(10)8-14/h1-7H. The van der Waals surface area contributed by atoms with Crippen LogP contribution in [0.3, 0.4) is 0 Å². The lowest BCUT2D eigenvalue weighted by molar-refractivity contribution is 0.631. The molecule has 0 N–H and O–H groups in total. The van der Waals surface area contributed by atoms with Crippen molar-refractivity contribution in [3.8, 4) is 17.2 Å². The zero-order valence-electron chi connectivity index (χ0n) is 7.81. The molecule has 0 saturated heterocycles. The number of hydrogen-bond donors (Lipinski definition) is 0. The van der Waals surface area contributed by atoms with Crippen molar-refractivity contribution in [1.29, 1.82) is 5.26 Å². The summed E-state index contributed by atoms with van der Waals surface area (Å²) in [5, 5.41) is 8.84. The van der Waals surface area contributed by atoms with Crippen LogP contribution in [-0.2, 0) is 0 Å². The Bertz CT molecular complexity index is 529. The number of hydrogen-bond acceptors (Lipinski definition) is 2. The van der Waals surface area contributed by atoms with Gasteiger partial charge in [-0.15, -0.1) is 0 Å². The van der Waals surface area contributed by atoms with Crippen LogP contribution in [0.5, 0.6) is 0 Å². The predicted octanol–water partition coefficient (Wildman–Crippen LogP) is 2.76. The third-order valence-electron chi connectivity index (χ3n) is 2.08. The highest BCUT2D eigenvalue weighted by Crippen LogP contribution is 2.24. The lowest BCUT2D eigenvalue weighted by Gasteiger charge is -2.03. The molecule has 15 heavy (non-hydrogen) atoms. The number of halogens is 1. The molecule has 1 aromatic heterocycles. The first-order chi connectivity index (χ1) is 7.33. The van der Waals surface area contributed by atoms with E-state index in [0.29, 0.717) is 11.1 Å². The van der Waals surface area contributed by atoms with Crippen LogP contribution in [0.25, 0.3) is 11.1 Å². The number of pyridine rings is 1. The molecule has 0 aliphatic carbocycles. The molecule has 0 atom stereocenters. The zero-order valence-corrected chi connectivity index (χ0v) is 7.81. The third kappa shape index (κ3) is 1.70. The van der Waals surface area contributed by atoms with Gasteiger partial charge in [-0.25, -0.2) is 9.37 Å². The van der Waals surface area contributed by atoms with Gasteiger partial charge in [0.15, 0.2) is 0 Å². The normalized spacial score (nSPS) is 9.60. The summed E-state index contributed by atoms with van der Waals surface area (Å²) < 4.78 is 13.5. The van der Waals surface area contributed by atoms with E-state index in [1.165, 1.54) is 12.3 Å². The minimum absolute atomic E-state index is 0.239. The highest BCUT2D eigenvalue weighted by molar-refractivity contribution is 5.68.